The molecule has 0 heterocycles. The molecule has 0 saturated heterocycles. The Morgan fingerprint density at radius 1 is 0.464 bits per heavy atom. The molecule has 28 heavy (non-hydrogen) atoms. The van der Waals surface area contributed by atoms with Gasteiger partial charge in [0.25, 0.3) is 0 Å². The summed E-state index contributed by atoms with van der Waals surface area (Å²) in [6, 6.07) is 34.5. The molecule has 2 nitrogen and oxygen atoms in total. The fourth-order valence-corrected chi connectivity index (χ4v) is 4.49. The molecular formula is C25H20O2S. The van der Waals surface area contributed by atoms with E-state index in [0.717, 1.165) is 12.0 Å². The highest BCUT2D eigenvalue weighted by atomic mass is 32.2. The van der Waals surface area contributed by atoms with Crippen molar-refractivity contribution in [3.8, 4) is 11.1 Å². The maximum Gasteiger partial charge on any atom is 0.206 e. The van der Waals surface area contributed by atoms with E-state index in [1.165, 1.54) is 16.7 Å². The number of benzene rings is 4. The molecular weight excluding hydrogens is 364 g/mol. The average Bonchev–Trinajstić information content (AvgIpc) is 2.76. The second-order valence-corrected chi connectivity index (χ2v) is 8.65. The number of rotatable bonds is 5. The van der Waals surface area contributed by atoms with Crippen LogP contribution in [-0.2, 0) is 16.3 Å². The molecule has 0 aliphatic heterocycles. The molecule has 0 spiro atoms. The lowest BCUT2D eigenvalue weighted by Gasteiger charge is -2.07. The molecule has 0 aromatic heterocycles. The van der Waals surface area contributed by atoms with Crippen molar-refractivity contribution >= 4 is 9.84 Å². The Bertz CT molecular complexity index is 1150. The minimum Gasteiger partial charge on any atom is -0.219 e. The first-order valence-corrected chi connectivity index (χ1v) is 10.6. The van der Waals surface area contributed by atoms with Crippen LogP contribution < -0.4 is 0 Å². The van der Waals surface area contributed by atoms with Crippen molar-refractivity contribution in [1.29, 1.82) is 0 Å². The molecule has 0 fully saturated rings. The van der Waals surface area contributed by atoms with Gasteiger partial charge in [-0.3, -0.25) is 0 Å². The molecule has 0 N–H and O–H groups in total. The molecule has 0 amide bonds. The van der Waals surface area contributed by atoms with E-state index >= 15 is 0 Å². The Kier molecular flexibility index (Phi) is 5.09. The second kappa shape index (κ2) is 7.83. The van der Waals surface area contributed by atoms with Gasteiger partial charge in [-0.2, -0.15) is 0 Å². The van der Waals surface area contributed by atoms with Gasteiger partial charge in [0, 0.05) is 0 Å². The molecule has 4 rings (SSSR count). The van der Waals surface area contributed by atoms with Crippen LogP contribution in [0.25, 0.3) is 11.1 Å². The molecule has 0 aliphatic rings. The summed E-state index contributed by atoms with van der Waals surface area (Å²) in [5.41, 5.74) is 4.66. The van der Waals surface area contributed by atoms with E-state index in [4.69, 9.17) is 0 Å². The predicted octanol–water partition coefficient (Wildman–Crippen LogP) is 5.78. The Morgan fingerprint density at radius 3 is 1.46 bits per heavy atom. The van der Waals surface area contributed by atoms with E-state index in [1.54, 1.807) is 36.4 Å². The Hall–Kier alpha value is -3.17. The fourth-order valence-electron chi connectivity index (χ4n) is 3.20. The van der Waals surface area contributed by atoms with Crippen LogP contribution in [0.1, 0.15) is 11.1 Å². The molecule has 0 aliphatic carbocycles. The highest BCUT2D eigenvalue weighted by Crippen LogP contribution is 2.23. The van der Waals surface area contributed by atoms with Gasteiger partial charge < -0.3 is 0 Å². The Balaban J connectivity index is 1.51. The van der Waals surface area contributed by atoms with Gasteiger partial charge in [0.05, 0.1) is 9.79 Å². The fraction of sp³-hybridized carbons (Fsp3) is 0.0400. The summed E-state index contributed by atoms with van der Waals surface area (Å²) in [6.45, 7) is 0. The highest BCUT2D eigenvalue weighted by Gasteiger charge is 2.16. The summed E-state index contributed by atoms with van der Waals surface area (Å²) in [5.74, 6) is 0. The smallest absolute Gasteiger partial charge is 0.206 e. The number of hydrogen-bond acceptors (Lipinski definition) is 2. The number of sulfone groups is 1. The first kappa shape index (κ1) is 18.2. The van der Waals surface area contributed by atoms with Crippen molar-refractivity contribution in [2.75, 3.05) is 0 Å². The van der Waals surface area contributed by atoms with Gasteiger partial charge in [-0.1, -0.05) is 84.9 Å². The van der Waals surface area contributed by atoms with Crippen molar-refractivity contribution in [2.24, 2.45) is 0 Å². The normalized spacial score (nSPS) is 11.3. The van der Waals surface area contributed by atoms with E-state index in [1.807, 2.05) is 36.4 Å². The van der Waals surface area contributed by atoms with Gasteiger partial charge in [0.15, 0.2) is 0 Å². The zero-order chi connectivity index (χ0) is 19.4. The van der Waals surface area contributed by atoms with Crippen molar-refractivity contribution in [1.82, 2.24) is 0 Å². The van der Waals surface area contributed by atoms with Crippen LogP contribution in [0.15, 0.2) is 119 Å². The monoisotopic (exact) mass is 384 g/mol. The SMILES string of the molecule is O=S(=O)(c1ccccc1)c1ccc(Cc2ccc(-c3ccccc3)cc2)cc1. The summed E-state index contributed by atoms with van der Waals surface area (Å²) in [7, 11) is -3.46. The first-order chi connectivity index (χ1) is 13.6. The van der Waals surface area contributed by atoms with Gasteiger partial charge in [-0.15, -0.1) is 0 Å². The summed E-state index contributed by atoms with van der Waals surface area (Å²) in [4.78, 5) is 0.640. The van der Waals surface area contributed by atoms with Gasteiger partial charge in [0.1, 0.15) is 0 Å². The lowest BCUT2D eigenvalue weighted by molar-refractivity contribution is 0.596. The van der Waals surface area contributed by atoms with Gasteiger partial charge in [-0.25, -0.2) is 8.42 Å². The minimum atomic E-state index is -3.46. The second-order valence-electron chi connectivity index (χ2n) is 6.70. The summed E-state index contributed by atoms with van der Waals surface area (Å²) < 4.78 is 25.4. The third-order valence-electron chi connectivity index (χ3n) is 4.76. The molecule has 138 valence electrons. The average molecular weight is 384 g/mol. The Morgan fingerprint density at radius 2 is 0.893 bits per heavy atom. The van der Waals surface area contributed by atoms with E-state index in [0.29, 0.717) is 9.79 Å². The maximum atomic E-state index is 12.7. The van der Waals surface area contributed by atoms with Crippen LogP contribution in [0.4, 0.5) is 0 Å². The summed E-state index contributed by atoms with van der Waals surface area (Å²) in [5, 5.41) is 0. The summed E-state index contributed by atoms with van der Waals surface area (Å²) >= 11 is 0. The van der Waals surface area contributed by atoms with Crippen LogP contribution in [-0.4, -0.2) is 8.42 Å². The zero-order valence-electron chi connectivity index (χ0n) is 15.3. The molecule has 4 aromatic rings. The predicted molar refractivity (Wildman–Crippen MR) is 113 cm³/mol. The van der Waals surface area contributed by atoms with Crippen LogP contribution in [0.2, 0.25) is 0 Å². The van der Waals surface area contributed by atoms with E-state index in [-0.39, 0.29) is 0 Å². The minimum absolute atomic E-state index is 0.319. The van der Waals surface area contributed by atoms with Crippen molar-refractivity contribution in [3.63, 3.8) is 0 Å². The van der Waals surface area contributed by atoms with Crippen LogP contribution >= 0.6 is 0 Å². The largest absolute Gasteiger partial charge is 0.219 e. The molecule has 0 saturated carbocycles. The van der Waals surface area contributed by atoms with Crippen molar-refractivity contribution in [3.05, 3.63) is 120 Å². The molecule has 0 unspecified atom stereocenters. The molecule has 0 atom stereocenters. The molecule has 3 heteroatoms. The van der Waals surface area contributed by atoms with E-state index in [2.05, 4.69) is 36.4 Å². The lowest BCUT2D eigenvalue weighted by atomic mass is 10.0. The van der Waals surface area contributed by atoms with Crippen molar-refractivity contribution < 1.29 is 8.42 Å². The van der Waals surface area contributed by atoms with Gasteiger partial charge in [0.2, 0.25) is 9.84 Å². The van der Waals surface area contributed by atoms with Crippen LogP contribution in [0.5, 0.6) is 0 Å². The summed E-state index contributed by atoms with van der Waals surface area (Å²) in [6.07, 6.45) is 0.765. The topological polar surface area (TPSA) is 34.1 Å². The van der Waals surface area contributed by atoms with Gasteiger partial charge >= 0.3 is 0 Å². The molecule has 0 radical (unpaired) electrons. The van der Waals surface area contributed by atoms with E-state index < -0.39 is 9.84 Å². The van der Waals surface area contributed by atoms with E-state index in [9.17, 15) is 8.42 Å². The standard InChI is InChI=1S/C25H20O2S/c26-28(27,24-9-5-2-6-10-24)25-17-13-21(14-18-25)19-20-11-15-23(16-12-20)22-7-3-1-4-8-22/h1-18H,19H2. The maximum absolute atomic E-state index is 12.7. The quantitative estimate of drug-likeness (QED) is 0.437. The van der Waals surface area contributed by atoms with Gasteiger partial charge in [-0.05, 0) is 52.9 Å². The third-order valence-corrected chi connectivity index (χ3v) is 6.54. The first-order valence-electron chi connectivity index (χ1n) is 9.16. The van der Waals surface area contributed by atoms with Crippen LogP contribution in [0, 0.1) is 0 Å². The zero-order valence-corrected chi connectivity index (χ0v) is 16.1. The number of hydrogen-bond donors (Lipinski definition) is 0. The Labute approximate surface area is 166 Å². The van der Waals surface area contributed by atoms with Crippen LogP contribution in [0.3, 0.4) is 0 Å². The third kappa shape index (κ3) is 3.90. The molecule has 4 aromatic carbocycles. The lowest BCUT2D eigenvalue weighted by Crippen LogP contribution is -2.01. The van der Waals surface area contributed by atoms with Crippen molar-refractivity contribution in [2.45, 2.75) is 16.2 Å². The molecule has 0 bridgehead atoms. The highest BCUT2D eigenvalue weighted by molar-refractivity contribution is 7.91.